The molecule has 2 unspecified atom stereocenters. The third kappa shape index (κ3) is 5.31. The first kappa shape index (κ1) is 19.5. The molecule has 1 aromatic heterocycles. The third-order valence-corrected chi connectivity index (χ3v) is 5.42. The highest BCUT2D eigenvalue weighted by atomic mass is 35.5. The highest BCUT2D eigenvalue weighted by Crippen LogP contribution is 2.23. The molecule has 0 spiro atoms. The second-order valence-corrected chi connectivity index (χ2v) is 7.90. The smallest absolute Gasteiger partial charge is 0.251 e. The second-order valence-electron chi connectivity index (χ2n) is 6.10. The van der Waals surface area contributed by atoms with E-state index in [0.29, 0.717) is 16.4 Å². The van der Waals surface area contributed by atoms with Crippen LogP contribution in [0.5, 0.6) is 0 Å². The van der Waals surface area contributed by atoms with Crippen molar-refractivity contribution in [3.05, 3.63) is 57.2 Å². The van der Waals surface area contributed by atoms with Gasteiger partial charge in [0, 0.05) is 17.5 Å². The Morgan fingerprint density at radius 1 is 1.20 bits per heavy atom. The average molecular weight is 379 g/mol. The molecule has 2 rings (SSSR count). The van der Waals surface area contributed by atoms with Gasteiger partial charge >= 0.3 is 0 Å². The SMILES string of the molecule is CCC(C)C(NC(=O)c1ccccc1)C(=O)N(C)Cc1ccc(Cl)s1. The predicted octanol–water partition coefficient (Wildman–Crippen LogP) is 4.20. The summed E-state index contributed by atoms with van der Waals surface area (Å²) in [5, 5.41) is 2.90. The number of nitrogens with zero attached hydrogens (tertiary/aromatic N) is 1. The van der Waals surface area contributed by atoms with E-state index in [0.717, 1.165) is 11.3 Å². The van der Waals surface area contributed by atoms with Gasteiger partial charge in [0.05, 0.1) is 10.9 Å². The molecule has 6 heteroatoms. The Hall–Kier alpha value is -1.85. The Morgan fingerprint density at radius 3 is 2.44 bits per heavy atom. The van der Waals surface area contributed by atoms with Crippen molar-refractivity contribution in [1.82, 2.24) is 10.2 Å². The molecule has 0 bridgehead atoms. The first-order valence-corrected chi connectivity index (χ1v) is 9.47. The fourth-order valence-electron chi connectivity index (χ4n) is 2.48. The number of likely N-dealkylation sites (N-methyl/N-ethyl adjacent to an activating group) is 1. The number of rotatable bonds is 7. The van der Waals surface area contributed by atoms with Crippen LogP contribution in [-0.4, -0.2) is 29.8 Å². The number of hydrogen-bond acceptors (Lipinski definition) is 3. The fourth-order valence-corrected chi connectivity index (χ4v) is 3.62. The maximum Gasteiger partial charge on any atom is 0.251 e. The molecule has 0 aliphatic carbocycles. The Labute approximate surface area is 157 Å². The zero-order chi connectivity index (χ0) is 18.4. The highest BCUT2D eigenvalue weighted by molar-refractivity contribution is 7.16. The standard InChI is InChI=1S/C19H23ClN2O2S/c1-4-13(2)17(21-18(23)14-8-6-5-7-9-14)19(24)22(3)12-15-10-11-16(20)25-15/h5-11,13,17H,4,12H2,1-3H3,(H,21,23). The molecule has 0 fully saturated rings. The zero-order valence-corrected chi connectivity index (χ0v) is 16.2. The largest absolute Gasteiger partial charge is 0.340 e. The summed E-state index contributed by atoms with van der Waals surface area (Å²) >= 11 is 7.41. The van der Waals surface area contributed by atoms with Crippen LogP contribution in [0.25, 0.3) is 0 Å². The van der Waals surface area contributed by atoms with E-state index in [-0.39, 0.29) is 17.7 Å². The van der Waals surface area contributed by atoms with Crippen LogP contribution in [0, 0.1) is 5.92 Å². The Morgan fingerprint density at radius 2 is 1.88 bits per heavy atom. The molecule has 0 saturated heterocycles. The Bertz CT molecular complexity index is 717. The summed E-state index contributed by atoms with van der Waals surface area (Å²) in [6.07, 6.45) is 0.796. The number of hydrogen-bond donors (Lipinski definition) is 1. The van der Waals surface area contributed by atoms with Crippen LogP contribution in [0.2, 0.25) is 4.34 Å². The summed E-state index contributed by atoms with van der Waals surface area (Å²) in [4.78, 5) is 28.0. The maximum absolute atomic E-state index is 12.9. The van der Waals surface area contributed by atoms with Crippen LogP contribution in [0.15, 0.2) is 42.5 Å². The number of thiophene rings is 1. The summed E-state index contributed by atoms with van der Waals surface area (Å²) in [6, 6.07) is 12.1. The Balaban J connectivity index is 2.10. The lowest BCUT2D eigenvalue weighted by Gasteiger charge is -2.28. The van der Waals surface area contributed by atoms with Crippen molar-refractivity contribution in [1.29, 1.82) is 0 Å². The molecule has 1 aromatic carbocycles. The second kappa shape index (κ2) is 9.02. The summed E-state index contributed by atoms with van der Waals surface area (Å²) in [5.74, 6) is -0.287. The Kier molecular flexibility index (Phi) is 7.02. The topological polar surface area (TPSA) is 49.4 Å². The quantitative estimate of drug-likeness (QED) is 0.784. The molecule has 134 valence electrons. The summed E-state index contributed by atoms with van der Waals surface area (Å²) in [6.45, 7) is 4.46. The van der Waals surface area contributed by atoms with E-state index >= 15 is 0 Å². The first-order valence-electron chi connectivity index (χ1n) is 8.27. The minimum Gasteiger partial charge on any atom is -0.340 e. The van der Waals surface area contributed by atoms with Gasteiger partial charge in [0.25, 0.3) is 5.91 Å². The van der Waals surface area contributed by atoms with E-state index in [1.54, 1.807) is 24.1 Å². The van der Waals surface area contributed by atoms with Crippen LogP contribution in [0.3, 0.4) is 0 Å². The van der Waals surface area contributed by atoms with Gasteiger partial charge in [-0.05, 0) is 30.2 Å². The summed E-state index contributed by atoms with van der Waals surface area (Å²) in [7, 11) is 1.75. The molecule has 25 heavy (non-hydrogen) atoms. The van der Waals surface area contributed by atoms with Crippen molar-refractivity contribution >= 4 is 34.8 Å². The molecular formula is C19H23ClN2O2S. The summed E-state index contributed by atoms with van der Waals surface area (Å²) in [5.41, 5.74) is 0.552. The van der Waals surface area contributed by atoms with Gasteiger partial charge in [-0.3, -0.25) is 9.59 Å². The van der Waals surface area contributed by atoms with Crippen molar-refractivity contribution in [3.8, 4) is 0 Å². The van der Waals surface area contributed by atoms with E-state index in [1.165, 1.54) is 11.3 Å². The average Bonchev–Trinajstić information content (AvgIpc) is 3.03. The van der Waals surface area contributed by atoms with Gasteiger partial charge in [-0.1, -0.05) is 50.1 Å². The van der Waals surface area contributed by atoms with E-state index in [2.05, 4.69) is 5.32 Å². The molecule has 1 heterocycles. The molecule has 0 aliphatic rings. The van der Waals surface area contributed by atoms with Crippen molar-refractivity contribution in [2.45, 2.75) is 32.9 Å². The van der Waals surface area contributed by atoms with E-state index in [1.807, 2.05) is 44.2 Å². The van der Waals surface area contributed by atoms with Crippen molar-refractivity contribution < 1.29 is 9.59 Å². The molecule has 0 saturated carbocycles. The zero-order valence-electron chi connectivity index (χ0n) is 14.7. The number of carbonyl (C=O) groups is 2. The van der Waals surface area contributed by atoms with E-state index in [9.17, 15) is 9.59 Å². The van der Waals surface area contributed by atoms with Crippen LogP contribution >= 0.6 is 22.9 Å². The van der Waals surface area contributed by atoms with Crippen LogP contribution < -0.4 is 5.32 Å². The number of nitrogens with one attached hydrogen (secondary N) is 1. The van der Waals surface area contributed by atoms with Crippen LogP contribution in [-0.2, 0) is 11.3 Å². The maximum atomic E-state index is 12.9. The van der Waals surface area contributed by atoms with Gasteiger partial charge in [-0.15, -0.1) is 11.3 Å². The minimum atomic E-state index is -0.557. The van der Waals surface area contributed by atoms with Crippen LogP contribution in [0.4, 0.5) is 0 Å². The number of carbonyl (C=O) groups excluding carboxylic acids is 2. The number of amides is 2. The van der Waals surface area contributed by atoms with Gasteiger partial charge in [0.2, 0.25) is 5.91 Å². The molecule has 0 radical (unpaired) electrons. The molecule has 2 aromatic rings. The molecule has 0 aliphatic heterocycles. The third-order valence-electron chi connectivity index (χ3n) is 4.20. The summed E-state index contributed by atoms with van der Waals surface area (Å²) < 4.78 is 0.701. The highest BCUT2D eigenvalue weighted by Gasteiger charge is 2.29. The number of benzene rings is 1. The van der Waals surface area contributed by atoms with Crippen LogP contribution in [0.1, 0.15) is 35.5 Å². The molecule has 4 nitrogen and oxygen atoms in total. The molecule has 2 amide bonds. The molecule has 2 atom stereocenters. The van der Waals surface area contributed by atoms with Gasteiger partial charge in [-0.2, -0.15) is 0 Å². The lowest BCUT2D eigenvalue weighted by atomic mass is 9.97. The van der Waals surface area contributed by atoms with Crippen molar-refractivity contribution in [3.63, 3.8) is 0 Å². The minimum absolute atomic E-state index is 0.0366. The van der Waals surface area contributed by atoms with Crippen molar-refractivity contribution in [2.75, 3.05) is 7.05 Å². The van der Waals surface area contributed by atoms with Gasteiger partial charge in [0.1, 0.15) is 6.04 Å². The monoisotopic (exact) mass is 378 g/mol. The fraction of sp³-hybridized carbons (Fsp3) is 0.368. The molecular weight excluding hydrogens is 356 g/mol. The van der Waals surface area contributed by atoms with Crippen molar-refractivity contribution in [2.24, 2.45) is 5.92 Å². The van der Waals surface area contributed by atoms with Gasteiger partial charge in [-0.25, -0.2) is 0 Å². The van der Waals surface area contributed by atoms with E-state index < -0.39 is 6.04 Å². The lowest BCUT2D eigenvalue weighted by molar-refractivity contribution is -0.133. The molecule has 1 N–H and O–H groups in total. The van der Waals surface area contributed by atoms with Gasteiger partial charge in [0.15, 0.2) is 0 Å². The van der Waals surface area contributed by atoms with Gasteiger partial charge < -0.3 is 10.2 Å². The first-order chi connectivity index (χ1) is 11.9. The predicted molar refractivity (Wildman–Crippen MR) is 103 cm³/mol. The normalized spacial score (nSPS) is 13.1. The lowest BCUT2D eigenvalue weighted by Crippen LogP contribution is -2.50. The number of halogens is 1. The van der Waals surface area contributed by atoms with E-state index in [4.69, 9.17) is 11.6 Å².